The van der Waals surface area contributed by atoms with Crippen molar-refractivity contribution < 1.29 is 9.53 Å². The summed E-state index contributed by atoms with van der Waals surface area (Å²) in [6, 6.07) is 0. The zero-order valence-electron chi connectivity index (χ0n) is 12.2. The summed E-state index contributed by atoms with van der Waals surface area (Å²) >= 11 is 0. The zero-order valence-corrected chi connectivity index (χ0v) is 12.2. The predicted molar refractivity (Wildman–Crippen MR) is 73.2 cm³/mol. The van der Waals surface area contributed by atoms with Gasteiger partial charge in [-0.05, 0) is 24.2 Å². The number of ether oxygens (including phenoxy) is 1. The molecule has 0 aromatic rings. The van der Waals surface area contributed by atoms with E-state index in [1.54, 1.807) is 0 Å². The highest BCUT2D eigenvalue weighted by Gasteiger charge is 2.33. The van der Waals surface area contributed by atoms with Gasteiger partial charge in [0, 0.05) is 26.2 Å². The van der Waals surface area contributed by atoms with Crippen LogP contribution in [0.25, 0.3) is 0 Å². The Balaban J connectivity index is 2.52. The van der Waals surface area contributed by atoms with Crippen LogP contribution in [0.2, 0.25) is 0 Å². The summed E-state index contributed by atoms with van der Waals surface area (Å²) in [5, 5.41) is 3.14. The third-order valence-corrected chi connectivity index (χ3v) is 4.22. The van der Waals surface area contributed by atoms with Crippen molar-refractivity contribution in [2.24, 2.45) is 17.1 Å². The van der Waals surface area contributed by atoms with Crippen LogP contribution < -0.4 is 11.1 Å². The fraction of sp³-hybridized carbons (Fsp3) is 0.929. The van der Waals surface area contributed by atoms with Crippen LogP contribution in [-0.2, 0) is 9.53 Å². The lowest BCUT2D eigenvalue weighted by molar-refractivity contribution is -0.125. The third kappa shape index (κ3) is 4.25. The highest BCUT2D eigenvalue weighted by molar-refractivity contribution is 5.77. The van der Waals surface area contributed by atoms with Crippen LogP contribution in [0.1, 0.15) is 47.0 Å². The van der Waals surface area contributed by atoms with E-state index in [-0.39, 0.29) is 16.9 Å². The van der Waals surface area contributed by atoms with Gasteiger partial charge in [-0.3, -0.25) is 4.79 Å². The molecule has 0 saturated carbocycles. The summed E-state index contributed by atoms with van der Waals surface area (Å²) in [6.07, 6.45) is 2.20. The maximum absolute atomic E-state index is 12.1. The highest BCUT2D eigenvalue weighted by atomic mass is 16.5. The average Bonchev–Trinajstić information content (AvgIpc) is 2.28. The number of hydrogen-bond donors (Lipinski definition) is 2. The Bertz CT molecular complexity index is 278. The van der Waals surface area contributed by atoms with Gasteiger partial charge < -0.3 is 15.8 Å². The van der Waals surface area contributed by atoms with Gasteiger partial charge in [0.15, 0.2) is 0 Å². The molecule has 1 fully saturated rings. The Labute approximate surface area is 111 Å². The summed E-state index contributed by atoms with van der Waals surface area (Å²) < 4.78 is 5.34. The van der Waals surface area contributed by atoms with Crippen molar-refractivity contribution in [2.75, 3.05) is 19.8 Å². The Kier molecular flexibility index (Phi) is 5.17. The van der Waals surface area contributed by atoms with E-state index in [1.807, 2.05) is 0 Å². The van der Waals surface area contributed by atoms with Gasteiger partial charge in [0.1, 0.15) is 0 Å². The molecule has 1 aliphatic rings. The molecule has 0 aromatic carbocycles. The molecule has 106 valence electrons. The summed E-state index contributed by atoms with van der Waals surface area (Å²) in [5.41, 5.74) is 5.75. The second kappa shape index (κ2) is 6.02. The molecule has 4 nitrogen and oxygen atoms in total. The Morgan fingerprint density at radius 1 is 1.39 bits per heavy atom. The van der Waals surface area contributed by atoms with Crippen molar-refractivity contribution in [1.29, 1.82) is 0 Å². The van der Waals surface area contributed by atoms with E-state index >= 15 is 0 Å². The van der Waals surface area contributed by atoms with Crippen LogP contribution in [-0.4, -0.2) is 31.2 Å². The van der Waals surface area contributed by atoms with E-state index in [0.717, 1.165) is 12.8 Å². The van der Waals surface area contributed by atoms with Crippen LogP contribution >= 0.6 is 0 Å². The molecule has 1 amide bonds. The predicted octanol–water partition coefficient (Wildman–Crippen LogP) is 1.68. The zero-order chi connectivity index (χ0) is 13.8. The van der Waals surface area contributed by atoms with Crippen molar-refractivity contribution in [1.82, 2.24) is 5.32 Å². The fourth-order valence-corrected chi connectivity index (χ4v) is 2.07. The molecular weight excluding hydrogens is 228 g/mol. The van der Waals surface area contributed by atoms with Gasteiger partial charge >= 0.3 is 0 Å². The molecular formula is C14H28N2O2. The van der Waals surface area contributed by atoms with Crippen molar-refractivity contribution in [3.8, 4) is 0 Å². The molecule has 3 N–H and O–H groups in total. The summed E-state index contributed by atoms with van der Waals surface area (Å²) in [7, 11) is 0. The maximum atomic E-state index is 12.1. The topological polar surface area (TPSA) is 64.4 Å². The normalized spacial score (nSPS) is 21.4. The van der Waals surface area contributed by atoms with E-state index < -0.39 is 0 Å². The van der Waals surface area contributed by atoms with E-state index in [2.05, 4.69) is 33.0 Å². The van der Waals surface area contributed by atoms with Crippen LogP contribution in [0.3, 0.4) is 0 Å². The molecule has 1 atom stereocenters. The summed E-state index contributed by atoms with van der Waals surface area (Å²) in [6.45, 7) is 10.5. The first-order valence-corrected chi connectivity index (χ1v) is 6.88. The molecule has 1 rings (SSSR count). The molecule has 1 heterocycles. The molecule has 0 spiro atoms. The highest BCUT2D eigenvalue weighted by Crippen LogP contribution is 2.28. The summed E-state index contributed by atoms with van der Waals surface area (Å²) in [5.74, 6) is 0.469. The van der Waals surface area contributed by atoms with E-state index in [1.165, 1.54) is 0 Å². The Hall–Kier alpha value is -0.610. The number of rotatable bonds is 4. The van der Waals surface area contributed by atoms with Crippen LogP contribution in [0, 0.1) is 11.3 Å². The lowest BCUT2D eigenvalue weighted by Gasteiger charge is -2.37. The first kappa shape index (κ1) is 15.4. The molecule has 1 saturated heterocycles. The van der Waals surface area contributed by atoms with Crippen LogP contribution in [0.15, 0.2) is 0 Å². The minimum atomic E-state index is -0.243. The lowest BCUT2D eigenvalue weighted by Crippen LogP contribution is -2.57. The van der Waals surface area contributed by atoms with Gasteiger partial charge in [0.25, 0.3) is 0 Å². The maximum Gasteiger partial charge on any atom is 0.220 e. The number of hydrogen-bond acceptors (Lipinski definition) is 3. The number of amides is 1. The number of carbonyl (C=O) groups is 1. The van der Waals surface area contributed by atoms with Crippen molar-refractivity contribution >= 4 is 5.91 Å². The molecule has 1 unspecified atom stereocenters. The van der Waals surface area contributed by atoms with Gasteiger partial charge in [-0.1, -0.05) is 27.7 Å². The van der Waals surface area contributed by atoms with Crippen molar-refractivity contribution in [3.05, 3.63) is 0 Å². The molecule has 0 aliphatic carbocycles. The minimum Gasteiger partial charge on any atom is -0.381 e. The molecule has 4 heteroatoms. The molecule has 18 heavy (non-hydrogen) atoms. The van der Waals surface area contributed by atoms with Crippen LogP contribution in [0.5, 0.6) is 0 Å². The second-order valence-corrected chi connectivity index (χ2v) is 6.62. The van der Waals surface area contributed by atoms with Crippen LogP contribution in [0.4, 0.5) is 0 Å². The quantitative estimate of drug-likeness (QED) is 0.804. The second-order valence-electron chi connectivity index (χ2n) is 6.62. The molecule has 0 radical (unpaired) electrons. The monoisotopic (exact) mass is 256 g/mol. The standard InChI is InChI=1S/C14H28N2O2/c1-11(13(2,3)4)9-12(17)16-14(10-15)5-7-18-8-6-14/h11H,5-10,15H2,1-4H3,(H,16,17). The number of nitrogens with one attached hydrogen (secondary N) is 1. The first-order chi connectivity index (χ1) is 8.29. The van der Waals surface area contributed by atoms with Crippen molar-refractivity contribution in [2.45, 2.75) is 52.5 Å². The van der Waals surface area contributed by atoms with E-state index in [4.69, 9.17) is 10.5 Å². The largest absolute Gasteiger partial charge is 0.381 e. The van der Waals surface area contributed by atoms with Gasteiger partial charge in [0.2, 0.25) is 5.91 Å². The van der Waals surface area contributed by atoms with Gasteiger partial charge in [0.05, 0.1) is 5.54 Å². The smallest absolute Gasteiger partial charge is 0.220 e. The molecule has 0 bridgehead atoms. The van der Waals surface area contributed by atoms with Crippen molar-refractivity contribution in [3.63, 3.8) is 0 Å². The minimum absolute atomic E-state index is 0.116. The fourth-order valence-electron chi connectivity index (χ4n) is 2.07. The third-order valence-electron chi connectivity index (χ3n) is 4.22. The Morgan fingerprint density at radius 2 is 1.94 bits per heavy atom. The molecule has 1 aliphatic heterocycles. The average molecular weight is 256 g/mol. The number of carbonyl (C=O) groups excluding carboxylic acids is 1. The van der Waals surface area contributed by atoms with E-state index in [9.17, 15) is 4.79 Å². The lowest BCUT2D eigenvalue weighted by atomic mass is 9.79. The van der Waals surface area contributed by atoms with Gasteiger partial charge in [-0.2, -0.15) is 0 Å². The van der Waals surface area contributed by atoms with E-state index in [0.29, 0.717) is 32.1 Å². The Morgan fingerprint density at radius 3 is 2.39 bits per heavy atom. The first-order valence-electron chi connectivity index (χ1n) is 6.88. The number of nitrogens with two attached hydrogens (primary N) is 1. The summed E-state index contributed by atoms with van der Waals surface area (Å²) in [4.78, 5) is 12.1. The SMILES string of the molecule is CC(CC(=O)NC1(CN)CCOCC1)C(C)(C)C. The molecule has 0 aromatic heterocycles. The van der Waals surface area contributed by atoms with Gasteiger partial charge in [-0.15, -0.1) is 0 Å². The van der Waals surface area contributed by atoms with Gasteiger partial charge in [-0.25, -0.2) is 0 Å².